The number of hydrogen-bond donors (Lipinski definition) is 2. The number of hydrogen-bond acceptors (Lipinski definition) is 6. The molecule has 2 amide bonds. The smallest absolute Gasteiger partial charge is 0.303 e. The lowest BCUT2D eigenvalue weighted by atomic mass is 9.44. The number of nitrogens with zero attached hydrogens (tertiary/aromatic N) is 1. The van der Waals surface area contributed by atoms with Gasteiger partial charge in [-0.3, -0.25) is 28.9 Å². The van der Waals surface area contributed by atoms with Crippen molar-refractivity contribution in [2.45, 2.75) is 63.7 Å². The number of carboxylic acid groups (broad SMARTS) is 1. The standard InChI is InChI=1S/C42H41NO7/c1-24-20-27(21-25(2)38(24)47)37-29-17-18-30-36(41(50)43(40(30)49)19-11-5-10-16-35(45)46)32(29)22-33-39(48)31(26-12-6-3-7-13-26)23-34(44)42(33,37)28-14-8-4-9-15-28/h3-4,6-9,12-15,17,20-21,23,30,32-33,36-37,47H,5,10-11,16,18-19,22H2,1-2H3,(H,45,46)/t30-,32+,33-,36-,37-,42-/m0/s1. The second-order valence-corrected chi connectivity index (χ2v) is 14.3. The Labute approximate surface area is 291 Å². The molecular weight excluding hydrogens is 630 g/mol. The lowest BCUT2D eigenvalue weighted by molar-refractivity contribution is -0.141. The molecule has 3 aliphatic carbocycles. The van der Waals surface area contributed by atoms with Gasteiger partial charge in [0.15, 0.2) is 11.6 Å². The van der Waals surface area contributed by atoms with E-state index in [1.807, 2.05) is 92.7 Å². The summed E-state index contributed by atoms with van der Waals surface area (Å²) in [5, 5.41) is 19.8. The number of carboxylic acids is 1. The minimum absolute atomic E-state index is 0.0385. The molecule has 0 bridgehead atoms. The van der Waals surface area contributed by atoms with Crippen LogP contribution in [-0.2, 0) is 29.4 Å². The zero-order valence-electron chi connectivity index (χ0n) is 28.3. The van der Waals surface area contributed by atoms with Crippen LogP contribution >= 0.6 is 0 Å². The molecule has 4 aliphatic rings. The first-order valence-electron chi connectivity index (χ1n) is 17.5. The normalized spacial score (nSPS) is 27.3. The number of phenolic OH excluding ortho intramolecular Hbond substituents is 1. The number of aryl methyl sites for hydroxylation is 2. The fraction of sp³-hybridized carbons (Fsp3) is 0.357. The van der Waals surface area contributed by atoms with E-state index < -0.39 is 41.0 Å². The molecule has 256 valence electrons. The maximum absolute atomic E-state index is 15.1. The summed E-state index contributed by atoms with van der Waals surface area (Å²) >= 11 is 0. The highest BCUT2D eigenvalue weighted by Gasteiger charge is 2.65. The maximum atomic E-state index is 15.1. The predicted molar refractivity (Wildman–Crippen MR) is 187 cm³/mol. The molecule has 0 unspecified atom stereocenters. The van der Waals surface area contributed by atoms with Crippen molar-refractivity contribution in [3.63, 3.8) is 0 Å². The Kier molecular flexibility index (Phi) is 8.66. The van der Waals surface area contributed by atoms with Crippen molar-refractivity contribution >= 4 is 34.9 Å². The number of allylic oxidation sites excluding steroid dienone is 4. The number of amides is 2. The number of benzene rings is 3. The summed E-state index contributed by atoms with van der Waals surface area (Å²) in [4.78, 5) is 70.6. The Balaban J connectivity index is 1.39. The monoisotopic (exact) mass is 671 g/mol. The molecule has 0 radical (unpaired) electrons. The van der Waals surface area contributed by atoms with E-state index in [9.17, 15) is 24.3 Å². The first-order valence-corrected chi connectivity index (χ1v) is 17.5. The highest BCUT2D eigenvalue weighted by molar-refractivity contribution is 6.31. The van der Waals surface area contributed by atoms with Gasteiger partial charge in [-0.05, 0) is 79.3 Å². The minimum atomic E-state index is -1.32. The van der Waals surface area contributed by atoms with Gasteiger partial charge in [-0.15, -0.1) is 0 Å². The van der Waals surface area contributed by atoms with Crippen LogP contribution in [0.3, 0.4) is 0 Å². The van der Waals surface area contributed by atoms with Gasteiger partial charge in [0.25, 0.3) is 0 Å². The third-order valence-electron chi connectivity index (χ3n) is 11.6. The van der Waals surface area contributed by atoms with E-state index in [1.165, 1.54) is 11.0 Å². The van der Waals surface area contributed by atoms with Gasteiger partial charge in [0.2, 0.25) is 11.8 Å². The van der Waals surface area contributed by atoms with Crippen LogP contribution < -0.4 is 0 Å². The van der Waals surface area contributed by atoms with Gasteiger partial charge in [0.05, 0.1) is 17.3 Å². The summed E-state index contributed by atoms with van der Waals surface area (Å²) in [6, 6.07) is 22.4. The van der Waals surface area contributed by atoms with Crippen LogP contribution in [-0.4, -0.2) is 51.0 Å². The summed E-state index contributed by atoms with van der Waals surface area (Å²) in [6.07, 6.45) is 5.73. The molecular formula is C42H41NO7. The van der Waals surface area contributed by atoms with Gasteiger partial charge in [0, 0.05) is 30.4 Å². The molecule has 1 saturated carbocycles. The van der Waals surface area contributed by atoms with E-state index in [0.717, 1.165) is 16.7 Å². The Morgan fingerprint density at radius 1 is 0.860 bits per heavy atom. The number of carbonyl (C=O) groups excluding carboxylic acids is 4. The topological polar surface area (TPSA) is 129 Å². The molecule has 2 N–H and O–H groups in total. The lowest BCUT2D eigenvalue weighted by Gasteiger charge is -2.55. The molecule has 1 aliphatic heterocycles. The van der Waals surface area contributed by atoms with Crippen LogP contribution in [0, 0.1) is 37.5 Å². The SMILES string of the molecule is Cc1cc([C@H]2C3=CC[C@@H]4C(=O)N(CCCCCC(=O)O)C(=O)[C@@H]4[C@@H]3C[C@H]3C(=O)C(c4ccccc4)=CC(=O)[C@@]23c2ccccc2)cc(C)c1O. The number of imide groups is 1. The molecule has 7 rings (SSSR count). The predicted octanol–water partition coefficient (Wildman–Crippen LogP) is 6.48. The number of Topliss-reactive ketones (excluding diaryl/α,β-unsaturated/α-hetero) is 1. The van der Waals surface area contributed by atoms with Gasteiger partial charge < -0.3 is 10.2 Å². The second-order valence-electron chi connectivity index (χ2n) is 14.3. The van der Waals surface area contributed by atoms with Gasteiger partial charge >= 0.3 is 5.97 Å². The average molecular weight is 672 g/mol. The highest BCUT2D eigenvalue weighted by Crippen LogP contribution is 2.63. The van der Waals surface area contributed by atoms with Gasteiger partial charge in [-0.25, -0.2) is 0 Å². The second kappa shape index (κ2) is 13.0. The van der Waals surface area contributed by atoms with E-state index in [4.69, 9.17) is 5.11 Å². The fourth-order valence-electron chi connectivity index (χ4n) is 9.41. The number of ketones is 2. The van der Waals surface area contributed by atoms with Crippen molar-refractivity contribution in [1.29, 1.82) is 0 Å². The number of rotatable bonds is 9. The number of aliphatic carboxylic acids is 1. The third-order valence-corrected chi connectivity index (χ3v) is 11.6. The van der Waals surface area contributed by atoms with E-state index in [2.05, 4.69) is 0 Å². The van der Waals surface area contributed by atoms with Gasteiger partial charge in [0.1, 0.15) is 5.75 Å². The summed E-state index contributed by atoms with van der Waals surface area (Å²) in [5.41, 5.74) is 3.36. The molecule has 3 aromatic carbocycles. The van der Waals surface area contributed by atoms with Crippen molar-refractivity contribution < 1.29 is 34.2 Å². The maximum Gasteiger partial charge on any atom is 0.303 e. The Morgan fingerprint density at radius 2 is 1.52 bits per heavy atom. The molecule has 8 nitrogen and oxygen atoms in total. The minimum Gasteiger partial charge on any atom is -0.507 e. The molecule has 3 aromatic rings. The quantitative estimate of drug-likeness (QED) is 0.151. The molecule has 8 heteroatoms. The van der Waals surface area contributed by atoms with Crippen LogP contribution in [0.4, 0.5) is 0 Å². The molecule has 1 saturated heterocycles. The fourth-order valence-corrected chi connectivity index (χ4v) is 9.41. The highest BCUT2D eigenvalue weighted by atomic mass is 16.4. The van der Waals surface area contributed by atoms with Gasteiger partial charge in [-0.2, -0.15) is 0 Å². The van der Waals surface area contributed by atoms with Crippen LogP contribution in [0.5, 0.6) is 5.75 Å². The van der Waals surface area contributed by atoms with E-state index in [0.29, 0.717) is 47.9 Å². The van der Waals surface area contributed by atoms with E-state index in [1.54, 1.807) is 0 Å². The van der Waals surface area contributed by atoms with Crippen LogP contribution in [0.1, 0.15) is 72.3 Å². The number of fused-ring (bicyclic) bond motifs is 4. The molecule has 50 heavy (non-hydrogen) atoms. The lowest BCUT2D eigenvalue weighted by Crippen LogP contribution is -2.58. The molecule has 0 spiro atoms. The summed E-state index contributed by atoms with van der Waals surface area (Å²) in [7, 11) is 0. The number of phenols is 1. The van der Waals surface area contributed by atoms with Gasteiger partial charge in [-0.1, -0.05) is 90.9 Å². The number of aromatic hydroxyl groups is 1. The molecule has 2 fully saturated rings. The number of carbonyl (C=O) groups is 5. The number of likely N-dealkylation sites (tertiary alicyclic amines) is 1. The summed E-state index contributed by atoms with van der Waals surface area (Å²) in [6.45, 7) is 3.86. The van der Waals surface area contributed by atoms with Crippen molar-refractivity contribution in [1.82, 2.24) is 4.90 Å². The molecule has 0 aromatic heterocycles. The zero-order valence-corrected chi connectivity index (χ0v) is 28.3. The van der Waals surface area contributed by atoms with E-state index >= 15 is 4.79 Å². The molecule has 6 atom stereocenters. The Morgan fingerprint density at radius 3 is 2.18 bits per heavy atom. The van der Waals surface area contributed by atoms with Crippen molar-refractivity contribution in [3.8, 4) is 5.75 Å². The Bertz CT molecular complexity index is 1940. The van der Waals surface area contributed by atoms with Crippen LogP contribution in [0.25, 0.3) is 5.57 Å². The van der Waals surface area contributed by atoms with E-state index in [-0.39, 0.29) is 48.5 Å². The summed E-state index contributed by atoms with van der Waals surface area (Å²) in [5.74, 6) is -4.70. The third kappa shape index (κ3) is 5.24. The van der Waals surface area contributed by atoms with Crippen molar-refractivity contribution in [2.24, 2.45) is 23.7 Å². The van der Waals surface area contributed by atoms with Crippen LogP contribution in [0.2, 0.25) is 0 Å². The van der Waals surface area contributed by atoms with Crippen LogP contribution in [0.15, 0.2) is 90.5 Å². The summed E-state index contributed by atoms with van der Waals surface area (Å²) < 4.78 is 0. The average Bonchev–Trinajstić information content (AvgIpc) is 3.36. The zero-order chi connectivity index (χ0) is 35.3. The largest absolute Gasteiger partial charge is 0.507 e. The van der Waals surface area contributed by atoms with Crippen molar-refractivity contribution in [3.05, 3.63) is 118 Å². The van der Waals surface area contributed by atoms with Crippen molar-refractivity contribution in [2.75, 3.05) is 6.54 Å². The molecule has 1 heterocycles. The first-order chi connectivity index (χ1) is 24.0. The first kappa shape index (κ1) is 33.4. The number of unbranched alkanes of at least 4 members (excludes halogenated alkanes) is 2. The Hall–Kier alpha value is -5.11.